The lowest BCUT2D eigenvalue weighted by Crippen LogP contribution is -2.42. The van der Waals surface area contributed by atoms with E-state index in [4.69, 9.17) is 4.74 Å². The van der Waals surface area contributed by atoms with Crippen LogP contribution in [0.25, 0.3) is 0 Å². The molecule has 2 heteroatoms. The van der Waals surface area contributed by atoms with E-state index in [0.717, 1.165) is 30.9 Å². The van der Waals surface area contributed by atoms with Crippen molar-refractivity contribution < 1.29 is 4.74 Å². The van der Waals surface area contributed by atoms with Crippen LogP contribution in [0.2, 0.25) is 0 Å². The molecule has 2 bridgehead atoms. The molecular weight excluding hydrogens is 222 g/mol. The summed E-state index contributed by atoms with van der Waals surface area (Å²) >= 11 is 0. The molecule has 0 aromatic carbocycles. The summed E-state index contributed by atoms with van der Waals surface area (Å²) in [5.41, 5.74) is 0. The van der Waals surface area contributed by atoms with Crippen LogP contribution in [0, 0.1) is 17.8 Å². The van der Waals surface area contributed by atoms with Crippen LogP contribution in [-0.2, 0) is 4.74 Å². The third kappa shape index (κ3) is 2.45. The number of fused-ring (bicyclic) bond motifs is 2. The molecule has 1 N–H and O–H groups in total. The van der Waals surface area contributed by atoms with Gasteiger partial charge in [0.25, 0.3) is 0 Å². The van der Waals surface area contributed by atoms with E-state index in [-0.39, 0.29) is 0 Å². The summed E-state index contributed by atoms with van der Waals surface area (Å²) in [6.45, 7) is 4.30. The van der Waals surface area contributed by atoms with Crippen molar-refractivity contribution in [2.24, 2.45) is 17.8 Å². The fourth-order valence-electron chi connectivity index (χ4n) is 4.26. The Morgan fingerprint density at radius 3 is 2.94 bits per heavy atom. The Morgan fingerprint density at radius 1 is 1.39 bits per heavy atom. The molecular formula is C16H27NO. The van der Waals surface area contributed by atoms with Gasteiger partial charge < -0.3 is 10.1 Å². The van der Waals surface area contributed by atoms with Crippen molar-refractivity contribution in [3.63, 3.8) is 0 Å². The molecule has 4 unspecified atom stereocenters. The average Bonchev–Trinajstić information content (AvgIpc) is 3.03. The first kappa shape index (κ1) is 12.5. The molecule has 2 aliphatic carbocycles. The molecule has 4 atom stereocenters. The van der Waals surface area contributed by atoms with Gasteiger partial charge in [0, 0.05) is 0 Å². The maximum absolute atomic E-state index is 5.96. The van der Waals surface area contributed by atoms with Crippen molar-refractivity contribution in [1.82, 2.24) is 5.32 Å². The first-order chi connectivity index (χ1) is 8.88. The van der Waals surface area contributed by atoms with Crippen LogP contribution in [0.5, 0.6) is 0 Å². The van der Waals surface area contributed by atoms with E-state index < -0.39 is 0 Å². The van der Waals surface area contributed by atoms with Crippen LogP contribution in [0.3, 0.4) is 0 Å². The fraction of sp³-hybridized carbons (Fsp3) is 0.875. The van der Waals surface area contributed by atoms with Gasteiger partial charge in [-0.1, -0.05) is 13.3 Å². The highest BCUT2D eigenvalue weighted by molar-refractivity contribution is 5.11. The van der Waals surface area contributed by atoms with Gasteiger partial charge in [0.1, 0.15) is 5.76 Å². The Balaban J connectivity index is 1.70. The van der Waals surface area contributed by atoms with Crippen LogP contribution in [-0.4, -0.2) is 19.2 Å². The molecule has 3 rings (SSSR count). The highest BCUT2D eigenvalue weighted by atomic mass is 16.5. The number of hydrogen-bond acceptors (Lipinski definition) is 2. The zero-order valence-corrected chi connectivity index (χ0v) is 11.7. The van der Waals surface area contributed by atoms with Crippen molar-refractivity contribution in [3.8, 4) is 0 Å². The van der Waals surface area contributed by atoms with E-state index in [1.165, 1.54) is 50.7 Å². The van der Waals surface area contributed by atoms with E-state index >= 15 is 0 Å². The third-order valence-electron chi connectivity index (χ3n) is 5.10. The Kier molecular flexibility index (Phi) is 3.93. The maximum Gasteiger partial charge on any atom is 0.109 e. The molecule has 2 nitrogen and oxygen atoms in total. The van der Waals surface area contributed by atoms with Crippen molar-refractivity contribution in [2.75, 3.05) is 13.2 Å². The second-order valence-electron chi connectivity index (χ2n) is 6.37. The second kappa shape index (κ2) is 5.64. The summed E-state index contributed by atoms with van der Waals surface area (Å²) in [7, 11) is 0. The summed E-state index contributed by atoms with van der Waals surface area (Å²) in [6, 6.07) is 0.514. The standard InChI is InChI=1S/C16H27NO/c1-2-8-17-16(15-5-3-4-9-18-15)14-11-12-6-7-13(14)10-12/h5,12-14,16-17H,2-4,6-11H2,1H3. The van der Waals surface area contributed by atoms with Gasteiger partial charge in [-0.3, -0.25) is 0 Å². The summed E-state index contributed by atoms with van der Waals surface area (Å²) in [4.78, 5) is 0. The molecule has 0 aromatic rings. The number of ether oxygens (including phenoxy) is 1. The summed E-state index contributed by atoms with van der Waals surface area (Å²) < 4.78 is 5.96. The van der Waals surface area contributed by atoms with Gasteiger partial charge in [0.15, 0.2) is 0 Å². The van der Waals surface area contributed by atoms with Crippen molar-refractivity contribution in [1.29, 1.82) is 0 Å². The van der Waals surface area contributed by atoms with Gasteiger partial charge in [0.2, 0.25) is 0 Å². The van der Waals surface area contributed by atoms with Crippen LogP contribution in [0.15, 0.2) is 11.8 Å². The molecule has 0 spiro atoms. The molecule has 3 aliphatic rings. The van der Waals surface area contributed by atoms with Crippen LogP contribution >= 0.6 is 0 Å². The zero-order valence-electron chi connectivity index (χ0n) is 11.7. The lowest BCUT2D eigenvalue weighted by atomic mass is 9.82. The molecule has 1 aliphatic heterocycles. The molecule has 2 saturated carbocycles. The van der Waals surface area contributed by atoms with Crippen LogP contribution in [0.1, 0.15) is 51.9 Å². The summed E-state index contributed by atoms with van der Waals surface area (Å²) in [5, 5.41) is 3.77. The minimum absolute atomic E-state index is 0.514. The summed E-state index contributed by atoms with van der Waals surface area (Å²) in [6.07, 6.45) is 11.8. The normalized spacial score (nSPS) is 36.3. The van der Waals surface area contributed by atoms with Gasteiger partial charge in [-0.05, 0) is 68.9 Å². The van der Waals surface area contributed by atoms with Gasteiger partial charge in [-0.25, -0.2) is 0 Å². The number of rotatable bonds is 5. The molecule has 0 amide bonds. The number of hydrogen-bond donors (Lipinski definition) is 1. The topological polar surface area (TPSA) is 21.3 Å². The van der Waals surface area contributed by atoms with Crippen molar-refractivity contribution >= 4 is 0 Å². The predicted octanol–water partition coefficient (Wildman–Crippen LogP) is 3.49. The lowest BCUT2D eigenvalue weighted by Gasteiger charge is -2.34. The Hall–Kier alpha value is -0.500. The van der Waals surface area contributed by atoms with E-state index in [1.807, 2.05) is 0 Å². The predicted molar refractivity (Wildman–Crippen MR) is 74.3 cm³/mol. The van der Waals surface area contributed by atoms with Gasteiger partial charge in [0.05, 0.1) is 12.6 Å². The van der Waals surface area contributed by atoms with Crippen molar-refractivity contribution in [2.45, 2.75) is 57.9 Å². The van der Waals surface area contributed by atoms with Gasteiger partial charge >= 0.3 is 0 Å². The van der Waals surface area contributed by atoms with E-state index in [1.54, 1.807) is 0 Å². The fourth-order valence-corrected chi connectivity index (χ4v) is 4.26. The smallest absolute Gasteiger partial charge is 0.109 e. The number of allylic oxidation sites excluding steroid dienone is 1. The Bertz CT molecular complexity index is 312. The molecule has 0 radical (unpaired) electrons. The molecule has 0 saturated heterocycles. The molecule has 2 fully saturated rings. The largest absolute Gasteiger partial charge is 0.497 e. The van der Waals surface area contributed by atoms with E-state index in [2.05, 4.69) is 18.3 Å². The summed E-state index contributed by atoms with van der Waals surface area (Å²) in [5.74, 6) is 4.11. The van der Waals surface area contributed by atoms with Crippen LogP contribution < -0.4 is 5.32 Å². The highest BCUT2D eigenvalue weighted by Gasteiger charge is 2.44. The quantitative estimate of drug-likeness (QED) is 0.805. The minimum atomic E-state index is 0.514. The molecule has 1 heterocycles. The highest BCUT2D eigenvalue weighted by Crippen LogP contribution is 2.50. The van der Waals surface area contributed by atoms with Crippen molar-refractivity contribution in [3.05, 3.63) is 11.8 Å². The average molecular weight is 249 g/mol. The van der Waals surface area contributed by atoms with Gasteiger partial charge in [-0.2, -0.15) is 0 Å². The molecule has 18 heavy (non-hydrogen) atoms. The van der Waals surface area contributed by atoms with Gasteiger partial charge in [-0.15, -0.1) is 0 Å². The Labute approximate surface area is 111 Å². The number of nitrogens with one attached hydrogen (secondary N) is 1. The first-order valence-corrected chi connectivity index (χ1v) is 7.94. The first-order valence-electron chi connectivity index (χ1n) is 7.94. The zero-order chi connectivity index (χ0) is 12.4. The molecule has 102 valence electrons. The third-order valence-corrected chi connectivity index (χ3v) is 5.10. The van der Waals surface area contributed by atoms with Crippen LogP contribution in [0.4, 0.5) is 0 Å². The molecule has 0 aromatic heterocycles. The SMILES string of the molecule is CCCNC(C1=CCCCO1)C1CC2CCC1C2. The maximum atomic E-state index is 5.96. The lowest BCUT2D eigenvalue weighted by molar-refractivity contribution is 0.134. The minimum Gasteiger partial charge on any atom is -0.497 e. The Morgan fingerprint density at radius 2 is 2.33 bits per heavy atom. The van der Waals surface area contributed by atoms with E-state index in [9.17, 15) is 0 Å². The van der Waals surface area contributed by atoms with E-state index in [0.29, 0.717) is 6.04 Å². The second-order valence-corrected chi connectivity index (χ2v) is 6.37. The monoisotopic (exact) mass is 249 g/mol.